The Balaban J connectivity index is 2.43. The molecule has 3 N–H and O–H groups in total. The van der Waals surface area contributed by atoms with Crippen LogP contribution in [0, 0.1) is 13.8 Å². The molecule has 1 aliphatic heterocycles. The molecule has 1 heterocycles. The molecule has 98 valence electrons. The Labute approximate surface area is 112 Å². The van der Waals surface area contributed by atoms with E-state index in [9.17, 15) is 4.79 Å². The summed E-state index contributed by atoms with van der Waals surface area (Å²) in [5.41, 5.74) is 8.82. The summed E-state index contributed by atoms with van der Waals surface area (Å²) in [6.45, 7) is 5.66. The normalized spacial score (nSPS) is 19.9. The topological polar surface area (TPSA) is 58.4 Å². The zero-order chi connectivity index (χ0) is 13.3. The number of hydrogen-bond donors (Lipinski definition) is 2. The fraction of sp³-hybridized carbons (Fsp3) is 0.462. The fourth-order valence-electron chi connectivity index (χ4n) is 2.49. The third-order valence-electron chi connectivity index (χ3n) is 3.24. The number of nitrogens with zero attached hydrogens (tertiary/aromatic N) is 1. The maximum absolute atomic E-state index is 11.8. The van der Waals surface area contributed by atoms with E-state index in [1.165, 1.54) is 0 Å². The van der Waals surface area contributed by atoms with Crippen LogP contribution in [0.2, 0.25) is 5.02 Å². The number of piperazine rings is 1. The van der Waals surface area contributed by atoms with Crippen molar-refractivity contribution in [3.63, 3.8) is 0 Å². The summed E-state index contributed by atoms with van der Waals surface area (Å²) in [5, 5.41) is 3.51. The molecule has 0 aliphatic carbocycles. The third kappa shape index (κ3) is 2.31. The van der Waals surface area contributed by atoms with Crippen molar-refractivity contribution in [1.29, 1.82) is 0 Å². The lowest BCUT2D eigenvalue weighted by molar-refractivity contribution is -0.123. The highest BCUT2D eigenvalue weighted by Gasteiger charge is 2.30. The van der Waals surface area contributed by atoms with Crippen LogP contribution in [-0.4, -0.2) is 31.6 Å². The first-order valence-electron chi connectivity index (χ1n) is 6.05. The zero-order valence-electron chi connectivity index (χ0n) is 10.7. The highest BCUT2D eigenvalue weighted by molar-refractivity contribution is 6.33. The molecule has 0 aromatic heterocycles. The van der Waals surface area contributed by atoms with Gasteiger partial charge in [-0.1, -0.05) is 17.7 Å². The number of carbonyl (C=O) groups excluding carboxylic acids is 1. The lowest BCUT2D eigenvalue weighted by Gasteiger charge is -2.37. The molecule has 0 radical (unpaired) electrons. The summed E-state index contributed by atoms with van der Waals surface area (Å²) in [6, 6.07) is 3.66. The van der Waals surface area contributed by atoms with Gasteiger partial charge in [-0.2, -0.15) is 0 Å². The summed E-state index contributed by atoms with van der Waals surface area (Å²) in [6.07, 6.45) is 0. The van der Waals surface area contributed by atoms with Crippen LogP contribution in [0.5, 0.6) is 0 Å². The van der Waals surface area contributed by atoms with Gasteiger partial charge in [-0.15, -0.1) is 0 Å². The molecule has 1 saturated heterocycles. The Morgan fingerprint density at radius 1 is 1.50 bits per heavy atom. The van der Waals surface area contributed by atoms with Gasteiger partial charge in [-0.25, -0.2) is 0 Å². The number of benzene rings is 1. The summed E-state index contributed by atoms with van der Waals surface area (Å²) >= 11 is 6.32. The molecule has 18 heavy (non-hydrogen) atoms. The van der Waals surface area contributed by atoms with E-state index in [2.05, 4.69) is 11.4 Å². The van der Waals surface area contributed by atoms with Crippen molar-refractivity contribution in [3.8, 4) is 0 Å². The van der Waals surface area contributed by atoms with Crippen LogP contribution in [0.4, 0.5) is 5.69 Å². The molecule has 0 spiro atoms. The molecule has 0 saturated carbocycles. The first-order valence-corrected chi connectivity index (χ1v) is 6.43. The Morgan fingerprint density at radius 2 is 2.22 bits per heavy atom. The molecule has 4 nitrogen and oxygen atoms in total. The lowest BCUT2D eigenvalue weighted by atomic mass is 10.1. The van der Waals surface area contributed by atoms with E-state index >= 15 is 0 Å². The van der Waals surface area contributed by atoms with Gasteiger partial charge < -0.3 is 16.0 Å². The highest BCUT2D eigenvalue weighted by atomic mass is 35.5. The van der Waals surface area contributed by atoms with Gasteiger partial charge >= 0.3 is 0 Å². The van der Waals surface area contributed by atoms with Gasteiger partial charge in [0.15, 0.2) is 0 Å². The number of rotatable bonds is 2. The number of carbonyl (C=O) groups is 1. The molecule has 1 amide bonds. The van der Waals surface area contributed by atoms with Gasteiger partial charge in [0.05, 0.1) is 10.7 Å². The monoisotopic (exact) mass is 267 g/mol. The average Bonchev–Trinajstić information content (AvgIpc) is 2.27. The molecule has 1 fully saturated rings. The van der Waals surface area contributed by atoms with Crippen molar-refractivity contribution in [2.24, 2.45) is 5.73 Å². The fourth-order valence-corrected chi connectivity index (χ4v) is 2.92. The van der Waals surface area contributed by atoms with E-state index in [1.54, 1.807) is 0 Å². The van der Waals surface area contributed by atoms with Crippen LogP contribution in [-0.2, 0) is 4.79 Å². The number of hydrogen-bond acceptors (Lipinski definition) is 3. The van der Waals surface area contributed by atoms with Crippen molar-refractivity contribution < 1.29 is 4.79 Å². The molecule has 0 bridgehead atoms. The molecular weight excluding hydrogens is 250 g/mol. The van der Waals surface area contributed by atoms with E-state index in [1.807, 2.05) is 24.8 Å². The third-order valence-corrected chi connectivity index (χ3v) is 3.53. The van der Waals surface area contributed by atoms with Gasteiger partial charge in [-0.3, -0.25) is 4.79 Å². The summed E-state index contributed by atoms with van der Waals surface area (Å²) in [4.78, 5) is 13.8. The predicted octanol–water partition coefficient (Wildman–Crippen LogP) is 1.22. The van der Waals surface area contributed by atoms with Crippen molar-refractivity contribution >= 4 is 23.2 Å². The van der Waals surface area contributed by atoms with Crippen LogP contribution in [0.3, 0.4) is 0 Å². The van der Waals surface area contributed by atoms with E-state index in [0.717, 1.165) is 23.4 Å². The number of aryl methyl sites for hydroxylation is 2. The zero-order valence-corrected chi connectivity index (χ0v) is 11.4. The quantitative estimate of drug-likeness (QED) is 0.847. The number of anilines is 1. The van der Waals surface area contributed by atoms with Gasteiger partial charge in [0.25, 0.3) is 0 Å². The molecule has 1 aromatic carbocycles. The van der Waals surface area contributed by atoms with Gasteiger partial charge in [-0.05, 0) is 31.0 Å². The number of nitrogens with two attached hydrogens (primary N) is 1. The van der Waals surface area contributed by atoms with E-state index in [4.69, 9.17) is 17.3 Å². The SMILES string of the molecule is Cc1cc(C)c(N2CCNC(=O)C2CN)c(Cl)c1. The Bertz CT molecular complexity index is 452. The second-order valence-corrected chi connectivity index (χ2v) is 5.06. The van der Waals surface area contributed by atoms with E-state index in [0.29, 0.717) is 11.6 Å². The summed E-state index contributed by atoms with van der Waals surface area (Å²) in [7, 11) is 0. The molecule has 1 atom stereocenters. The molecule has 1 aliphatic rings. The highest BCUT2D eigenvalue weighted by Crippen LogP contribution is 2.32. The average molecular weight is 268 g/mol. The Kier molecular flexibility index (Phi) is 3.78. The Morgan fingerprint density at radius 3 is 2.83 bits per heavy atom. The second-order valence-electron chi connectivity index (χ2n) is 4.65. The molecule has 1 aromatic rings. The molecule has 1 unspecified atom stereocenters. The van der Waals surface area contributed by atoms with Crippen molar-refractivity contribution in [1.82, 2.24) is 5.32 Å². The van der Waals surface area contributed by atoms with Crippen LogP contribution in [0.1, 0.15) is 11.1 Å². The van der Waals surface area contributed by atoms with Gasteiger partial charge in [0, 0.05) is 19.6 Å². The minimum absolute atomic E-state index is 0.0280. The lowest BCUT2D eigenvalue weighted by Crippen LogP contribution is -2.58. The number of halogens is 1. The maximum Gasteiger partial charge on any atom is 0.244 e. The first-order chi connectivity index (χ1) is 8.54. The summed E-state index contributed by atoms with van der Waals surface area (Å²) in [5.74, 6) is -0.0280. The second kappa shape index (κ2) is 5.16. The van der Waals surface area contributed by atoms with Crippen molar-refractivity contribution in [2.75, 3.05) is 24.5 Å². The van der Waals surface area contributed by atoms with Crippen LogP contribution in [0.15, 0.2) is 12.1 Å². The largest absolute Gasteiger partial charge is 0.355 e. The standard InChI is InChI=1S/C13H18ClN3O/c1-8-5-9(2)12(10(14)6-8)17-4-3-16-13(18)11(17)7-15/h5-6,11H,3-4,7,15H2,1-2H3,(H,16,18). The molecular formula is C13H18ClN3O. The summed E-state index contributed by atoms with van der Waals surface area (Å²) < 4.78 is 0. The van der Waals surface area contributed by atoms with Crippen LogP contribution in [0.25, 0.3) is 0 Å². The number of amides is 1. The predicted molar refractivity (Wildman–Crippen MR) is 74.1 cm³/mol. The Hall–Kier alpha value is -1.26. The van der Waals surface area contributed by atoms with Crippen LogP contribution >= 0.6 is 11.6 Å². The van der Waals surface area contributed by atoms with Crippen molar-refractivity contribution in [3.05, 3.63) is 28.3 Å². The molecule has 2 rings (SSSR count). The van der Waals surface area contributed by atoms with Gasteiger partial charge in [0.2, 0.25) is 5.91 Å². The maximum atomic E-state index is 11.8. The van der Waals surface area contributed by atoms with Gasteiger partial charge in [0.1, 0.15) is 6.04 Å². The smallest absolute Gasteiger partial charge is 0.244 e. The van der Waals surface area contributed by atoms with Crippen LogP contribution < -0.4 is 16.0 Å². The number of nitrogens with one attached hydrogen (secondary N) is 1. The van der Waals surface area contributed by atoms with Crippen molar-refractivity contribution in [2.45, 2.75) is 19.9 Å². The van der Waals surface area contributed by atoms with E-state index in [-0.39, 0.29) is 18.5 Å². The minimum atomic E-state index is -0.336. The van der Waals surface area contributed by atoms with E-state index < -0.39 is 0 Å². The minimum Gasteiger partial charge on any atom is -0.355 e. The first kappa shape index (κ1) is 13.2. The molecule has 5 heteroatoms.